The summed E-state index contributed by atoms with van der Waals surface area (Å²) in [4.78, 5) is 12.9. The standard InChI is InChI=1S/C32H35F3O4/c1-3-5-18-38-25-13-10-23(11-14-25)22-8-6-21(7-9-22)19-27(36)28-16-12-24(20-39-28)26-15-17-29(37-4-2)30(31(26)33)32(34)35/h6-11,13-15,17,24,28,32H,3-5,12,16,18-20H2,1-2H3. The lowest BCUT2D eigenvalue weighted by Gasteiger charge is -2.29. The Morgan fingerprint density at radius 2 is 1.64 bits per heavy atom. The number of halogens is 3. The third-order valence-corrected chi connectivity index (χ3v) is 7.05. The molecular weight excluding hydrogens is 505 g/mol. The lowest BCUT2D eigenvalue weighted by atomic mass is 9.88. The van der Waals surface area contributed by atoms with Gasteiger partial charge in [0.25, 0.3) is 6.43 Å². The molecule has 3 aromatic rings. The van der Waals surface area contributed by atoms with Gasteiger partial charge in [-0.25, -0.2) is 13.2 Å². The van der Waals surface area contributed by atoms with E-state index in [4.69, 9.17) is 14.2 Å². The molecule has 4 rings (SSSR count). The van der Waals surface area contributed by atoms with Gasteiger partial charge in [0.15, 0.2) is 5.78 Å². The van der Waals surface area contributed by atoms with Gasteiger partial charge in [-0.3, -0.25) is 4.79 Å². The second kappa shape index (κ2) is 13.7. The summed E-state index contributed by atoms with van der Waals surface area (Å²) < 4.78 is 58.7. The highest BCUT2D eigenvalue weighted by molar-refractivity contribution is 5.85. The third-order valence-electron chi connectivity index (χ3n) is 7.05. The number of ketones is 1. The van der Waals surface area contributed by atoms with Gasteiger partial charge in [0.05, 0.1) is 25.4 Å². The number of carbonyl (C=O) groups is 1. The van der Waals surface area contributed by atoms with Crippen LogP contribution in [0.15, 0.2) is 60.7 Å². The van der Waals surface area contributed by atoms with Gasteiger partial charge >= 0.3 is 0 Å². The number of carbonyl (C=O) groups excluding carboxylic acids is 1. The first-order valence-electron chi connectivity index (χ1n) is 13.6. The van der Waals surface area contributed by atoms with Crippen molar-refractivity contribution in [2.75, 3.05) is 19.8 Å². The maximum Gasteiger partial charge on any atom is 0.270 e. The van der Waals surface area contributed by atoms with Crippen molar-refractivity contribution in [3.05, 3.63) is 83.2 Å². The van der Waals surface area contributed by atoms with Crippen molar-refractivity contribution < 1.29 is 32.2 Å². The summed E-state index contributed by atoms with van der Waals surface area (Å²) in [6.45, 7) is 4.76. The maximum absolute atomic E-state index is 15.0. The molecule has 0 bridgehead atoms. The number of alkyl halides is 2. The molecule has 1 fully saturated rings. The van der Waals surface area contributed by atoms with Gasteiger partial charge in [-0.15, -0.1) is 0 Å². The van der Waals surface area contributed by atoms with Crippen molar-refractivity contribution >= 4 is 5.78 Å². The second-order valence-electron chi connectivity index (χ2n) is 9.78. The van der Waals surface area contributed by atoms with Gasteiger partial charge in [0, 0.05) is 12.3 Å². The molecule has 0 radical (unpaired) electrons. The van der Waals surface area contributed by atoms with E-state index in [-0.39, 0.29) is 36.7 Å². The molecule has 1 saturated heterocycles. The van der Waals surface area contributed by atoms with E-state index in [1.54, 1.807) is 6.92 Å². The molecule has 0 aliphatic carbocycles. The lowest BCUT2D eigenvalue weighted by Crippen LogP contribution is -2.33. The van der Waals surface area contributed by atoms with Gasteiger partial charge in [-0.05, 0) is 66.6 Å². The van der Waals surface area contributed by atoms with Crippen LogP contribution in [0.1, 0.15) is 68.6 Å². The largest absolute Gasteiger partial charge is 0.494 e. The predicted octanol–water partition coefficient (Wildman–Crippen LogP) is 8.08. The third kappa shape index (κ3) is 7.21. The zero-order valence-electron chi connectivity index (χ0n) is 22.4. The van der Waals surface area contributed by atoms with Crippen LogP contribution in [-0.2, 0) is 16.0 Å². The molecular formula is C32H35F3O4. The Hall–Kier alpha value is -3.32. The van der Waals surface area contributed by atoms with Crippen LogP contribution in [0, 0.1) is 5.82 Å². The Labute approximate surface area is 228 Å². The number of ether oxygens (including phenoxy) is 3. The molecule has 3 aromatic carbocycles. The molecule has 0 aromatic heterocycles. The SMILES string of the molecule is CCCCOc1ccc(-c2ccc(CC(=O)C3CCC(c4ccc(OCC)c(C(F)F)c4F)CO3)cc2)cc1. The molecule has 39 heavy (non-hydrogen) atoms. The first-order chi connectivity index (χ1) is 18.9. The van der Waals surface area contributed by atoms with Crippen LogP contribution in [0.3, 0.4) is 0 Å². The van der Waals surface area contributed by atoms with E-state index in [0.29, 0.717) is 19.4 Å². The monoisotopic (exact) mass is 540 g/mol. The Kier molecular flexibility index (Phi) is 10.0. The smallest absolute Gasteiger partial charge is 0.270 e. The summed E-state index contributed by atoms with van der Waals surface area (Å²) >= 11 is 0. The summed E-state index contributed by atoms with van der Waals surface area (Å²) in [6, 6.07) is 18.7. The van der Waals surface area contributed by atoms with Gasteiger partial charge in [-0.2, -0.15) is 0 Å². The molecule has 1 aliphatic heterocycles. The number of hydrogen-bond acceptors (Lipinski definition) is 4. The zero-order chi connectivity index (χ0) is 27.8. The zero-order valence-corrected chi connectivity index (χ0v) is 22.4. The first-order valence-corrected chi connectivity index (χ1v) is 13.6. The average molecular weight is 541 g/mol. The number of benzene rings is 3. The molecule has 0 saturated carbocycles. The van der Waals surface area contributed by atoms with Crippen molar-refractivity contribution in [1.82, 2.24) is 0 Å². The number of Topliss-reactive ketones (excluding diaryl/α,β-unsaturated/α-hetero) is 1. The minimum Gasteiger partial charge on any atom is -0.494 e. The van der Waals surface area contributed by atoms with Crippen LogP contribution in [0.5, 0.6) is 11.5 Å². The van der Waals surface area contributed by atoms with Crippen LogP contribution >= 0.6 is 0 Å². The van der Waals surface area contributed by atoms with Crippen LogP contribution in [-0.4, -0.2) is 31.7 Å². The summed E-state index contributed by atoms with van der Waals surface area (Å²) in [5.41, 5.74) is 2.45. The normalized spacial score (nSPS) is 17.3. The van der Waals surface area contributed by atoms with E-state index in [1.165, 1.54) is 12.1 Å². The quantitative estimate of drug-likeness (QED) is 0.218. The van der Waals surface area contributed by atoms with E-state index in [2.05, 4.69) is 6.92 Å². The molecule has 0 amide bonds. The summed E-state index contributed by atoms with van der Waals surface area (Å²) in [5, 5.41) is 0. The highest BCUT2D eigenvalue weighted by Gasteiger charge is 2.31. The number of hydrogen-bond donors (Lipinski definition) is 0. The average Bonchev–Trinajstić information content (AvgIpc) is 2.94. The summed E-state index contributed by atoms with van der Waals surface area (Å²) in [5.74, 6) is -0.685. The first kappa shape index (κ1) is 28.7. The van der Waals surface area contributed by atoms with Crippen molar-refractivity contribution in [3.8, 4) is 22.6 Å². The highest BCUT2D eigenvalue weighted by atomic mass is 19.3. The van der Waals surface area contributed by atoms with E-state index in [1.807, 2.05) is 48.5 Å². The number of rotatable bonds is 12. The Morgan fingerprint density at radius 3 is 2.23 bits per heavy atom. The van der Waals surface area contributed by atoms with Gasteiger partial charge in [0.1, 0.15) is 23.4 Å². The van der Waals surface area contributed by atoms with Crippen LogP contribution in [0.2, 0.25) is 0 Å². The van der Waals surface area contributed by atoms with E-state index in [0.717, 1.165) is 35.3 Å². The van der Waals surface area contributed by atoms with E-state index < -0.39 is 29.8 Å². The summed E-state index contributed by atoms with van der Waals surface area (Å²) in [6.07, 6.45) is -0.354. The minimum absolute atomic E-state index is 0.0461. The van der Waals surface area contributed by atoms with Crippen LogP contribution < -0.4 is 9.47 Å². The molecule has 0 N–H and O–H groups in total. The Morgan fingerprint density at radius 1 is 0.949 bits per heavy atom. The minimum atomic E-state index is -2.99. The van der Waals surface area contributed by atoms with Crippen molar-refractivity contribution in [2.45, 2.75) is 64.4 Å². The lowest BCUT2D eigenvalue weighted by molar-refractivity contribution is -0.133. The molecule has 1 heterocycles. The van der Waals surface area contributed by atoms with Crippen molar-refractivity contribution in [3.63, 3.8) is 0 Å². The molecule has 1 aliphatic rings. The number of unbranched alkanes of at least 4 members (excludes halogenated alkanes) is 1. The Balaban J connectivity index is 1.32. The molecule has 7 heteroatoms. The van der Waals surface area contributed by atoms with E-state index in [9.17, 15) is 18.0 Å². The molecule has 0 spiro atoms. The molecule has 2 unspecified atom stereocenters. The second-order valence-corrected chi connectivity index (χ2v) is 9.78. The maximum atomic E-state index is 15.0. The highest BCUT2D eigenvalue weighted by Crippen LogP contribution is 2.38. The summed E-state index contributed by atoms with van der Waals surface area (Å²) in [7, 11) is 0. The fourth-order valence-corrected chi connectivity index (χ4v) is 4.85. The van der Waals surface area contributed by atoms with Crippen molar-refractivity contribution in [2.24, 2.45) is 0 Å². The molecule has 4 nitrogen and oxygen atoms in total. The predicted molar refractivity (Wildman–Crippen MR) is 145 cm³/mol. The van der Waals surface area contributed by atoms with Gasteiger partial charge in [-0.1, -0.05) is 55.8 Å². The topological polar surface area (TPSA) is 44.8 Å². The van der Waals surface area contributed by atoms with E-state index >= 15 is 0 Å². The van der Waals surface area contributed by atoms with Crippen LogP contribution in [0.4, 0.5) is 13.2 Å². The molecule has 2 atom stereocenters. The fourth-order valence-electron chi connectivity index (χ4n) is 4.85. The van der Waals surface area contributed by atoms with Crippen molar-refractivity contribution in [1.29, 1.82) is 0 Å². The molecule has 208 valence electrons. The Bertz CT molecular complexity index is 1220. The van der Waals surface area contributed by atoms with Crippen LogP contribution in [0.25, 0.3) is 11.1 Å². The van der Waals surface area contributed by atoms with Gasteiger partial charge < -0.3 is 14.2 Å². The van der Waals surface area contributed by atoms with Gasteiger partial charge in [0.2, 0.25) is 0 Å². The fraction of sp³-hybridized carbons (Fsp3) is 0.406.